The van der Waals surface area contributed by atoms with E-state index in [1.807, 2.05) is 52.2 Å². The maximum atomic E-state index is 11.3. The summed E-state index contributed by atoms with van der Waals surface area (Å²) in [6, 6.07) is 1.93. The fourth-order valence-corrected chi connectivity index (χ4v) is 1.30. The van der Waals surface area contributed by atoms with Crippen molar-refractivity contribution in [1.29, 1.82) is 0 Å². The zero-order valence-electron chi connectivity index (χ0n) is 11.4. The number of hydrogen-bond donors (Lipinski definition) is 1. The summed E-state index contributed by atoms with van der Waals surface area (Å²) < 4.78 is 6.86. The highest BCUT2D eigenvalue weighted by Gasteiger charge is 2.14. The van der Waals surface area contributed by atoms with E-state index in [4.69, 9.17) is 4.74 Å². The molecule has 0 radical (unpaired) electrons. The Labute approximate surface area is 108 Å². The molecule has 0 aliphatic rings. The van der Waals surface area contributed by atoms with Gasteiger partial charge in [0.05, 0.1) is 5.69 Å². The Morgan fingerprint density at radius 1 is 1.56 bits per heavy atom. The van der Waals surface area contributed by atoms with Gasteiger partial charge in [0.2, 0.25) is 0 Å². The zero-order chi connectivity index (χ0) is 13.6. The predicted molar refractivity (Wildman–Crippen MR) is 71.1 cm³/mol. The van der Waals surface area contributed by atoms with Gasteiger partial charge in [0.1, 0.15) is 5.60 Å². The molecule has 1 rings (SSSR count). The summed E-state index contributed by atoms with van der Waals surface area (Å²) in [5, 5.41) is 6.90. The summed E-state index contributed by atoms with van der Waals surface area (Å²) in [6.07, 6.45) is 6.15. The monoisotopic (exact) mass is 251 g/mol. The highest BCUT2D eigenvalue weighted by molar-refractivity contribution is 5.67. The second-order valence-electron chi connectivity index (χ2n) is 5.03. The number of aryl methyl sites for hydroxylation is 1. The number of aromatic nitrogens is 2. The van der Waals surface area contributed by atoms with Crippen molar-refractivity contribution in [3.8, 4) is 0 Å². The average molecular weight is 251 g/mol. The molecule has 0 fully saturated rings. The van der Waals surface area contributed by atoms with Crippen LogP contribution in [0.25, 0.3) is 6.08 Å². The molecule has 1 aromatic rings. The summed E-state index contributed by atoms with van der Waals surface area (Å²) in [4.78, 5) is 11.3. The van der Waals surface area contributed by atoms with Gasteiger partial charge < -0.3 is 10.1 Å². The number of alkyl carbamates (subject to hydrolysis) is 1. The third-order valence-electron chi connectivity index (χ3n) is 2.00. The van der Waals surface area contributed by atoms with Crippen LogP contribution in [0.2, 0.25) is 0 Å². The first-order valence-electron chi connectivity index (χ1n) is 6.00. The van der Waals surface area contributed by atoms with Crippen LogP contribution in [-0.2, 0) is 11.8 Å². The number of carbonyl (C=O) groups excluding carboxylic acids is 1. The molecule has 0 unspecified atom stereocenters. The van der Waals surface area contributed by atoms with Crippen LogP contribution >= 0.6 is 0 Å². The fraction of sp³-hybridized carbons (Fsp3) is 0.538. The maximum absolute atomic E-state index is 11.3. The lowest BCUT2D eigenvalue weighted by Gasteiger charge is -2.19. The molecule has 0 aliphatic heterocycles. The van der Waals surface area contributed by atoms with E-state index in [-0.39, 0.29) is 6.09 Å². The van der Waals surface area contributed by atoms with Gasteiger partial charge in [-0.05, 0) is 39.3 Å². The first kappa shape index (κ1) is 14.3. The molecule has 0 atom stereocenters. The van der Waals surface area contributed by atoms with Gasteiger partial charge in [-0.3, -0.25) is 4.68 Å². The van der Waals surface area contributed by atoms with Gasteiger partial charge in [-0.2, -0.15) is 5.10 Å². The molecule has 1 heterocycles. The second kappa shape index (κ2) is 6.23. The number of rotatable bonds is 4. The first-order chi connectivity index (χ1) is 8.37. The van der Waals surface area contributed by atoms with Crippen molar-refractivity contribution in [2.24, 2.45) is 7.05 Å². The van der Waals surface area contributed by atoms with Crippen molar-refractivity contribution >= 4 is 12.2 Å². The van der Waals surface area contributed by atoms with Crippen LogP contribution in [0.3, 0.4) is 0 Å². The second-order valence-corrected chi connectivity index (χ2v) is 5.03. The molecule has 18 heavy (non-hydrogen) atoms. The number of nitrogens with zero attached hydrogens (tertiary/aromatic N) is 2. The Bertz CT molecular complexity index is 416. The number of hydrogen-bond acceptors (Lipinski definition) is 3. The summed E-state index contributed by atoms with van der Waals surface area (Å²) in [5.41, 5.74) is 0.461. The largest absolute Gasteiger partial charge is 0.444 e. The van der Waals surface area contributed by atoms with Crippen LogP contribution in [-0.4, -0.2) is 28.0 Å². The molecule has 1 aromatic heterocycles. The molecule has 1 N–H and O–H groups in total. The fourth-order valence-electron chi connectivity index (χ4n) is 1.30. The van der Waals surface area contributed by atoms with E-state index < -0.39 is 5.60 Å². The highest BCUT2D eigenvalue weighted by Crippen LogP contribution is 2.06. The minimum atomic E-state index is -0.451. The van der Waals surface area contributed by atoms with E-state index in [9.17, 15) is 4.79 Å². The van der Waals surface area contributed by atoms with Crippen molar-refractivity contribution < 1.29 is 9.53 Å². The first-order valence-corrected chi connectivity index (χ1v) is 6.00. The van der Waals surface area contributed by atoms with Crippen molar-refractivity contribution in [1.82, 2.24) is 15.1 Å². The third kappa shape index (κ3) is 6.08. The van der Waals surface area contributed by atoms with Crippen LogP contribution < -0.4 is 5.32 Å². The minimum Gasteiger partial charge on any atom is -0.444 e. The third-order valence-corrected chi connectivity index (χ3v) is 2.00. The van der Waals surface area contributed by atoms with Crippen LogP contribution in [0, 0.1) is 0 Å². The number of carbonyl (C=O) groups is 1. The van der Waals surface area contributed by atoms with Gasteiger partial charge in [-0.25, -0.2) is 4.79 Å². The summed E-state index contributed by atoms with van der Waals surface area (Å²) in [7, 11) is 1.88. The average Bonchev–Trinajstić information content (AvgIpc) is 2.61. The molecule has 0 spiro atoms. The highest BCUT2D eigenvalue weighted by atomic mass is 16.6. The Morgan fingerprint density at radius 3 is 2.83 bits per heavy atom. The zero-order valence-corrected chi connectivity index (χ0v) is 11.4. The Kier molecular flexibility index (Phi) is 4.95. The number of nitrogens with one attached hydrogen (secondary N) is 1. The van der Waals surface area contributed by atoms with Crippen LogP contribution in [0.1, 0.15) is 32.9 Å². The number of ether oxygens (including phenoxy) is 1. The van der Waals surface area contributed by atoms with Crippen molar-refractivity contribution in [2.75, 3.05) is 6.54 Å². The molecule has 0 bridgehead atoms. The normalized spacial score (nSPS) is 11.8. The van der Waals surface area contributed by atoms with Crippen molar-refractivity contribution in [3.63, 3.8) is 0 Å². The lowest BCUT2D eigenvalue weighted by Crippen LogP contribution is -2.32. The summed E-state index contributed by atoms with van der Waals surface area (Å²) >= 11 is 0. The molecule has 0 aromatic carbocycles. The Balaban J connectivity index is 2.19. The van der Waals surface area contributed by atoms with E-state index in [1.165, 1.54) is 0 Å². The standard InChI is InChI=1S/C13H21N3O2/c1-13(2,3)18-12(17)14-9-6-5-7-11-8-10-16(4)15-11/h5,7-8,10H,6,9H2,1-4H3,(H,14,17). The lowest BCUT2D eigenvalue weighted by atomic mass is 10.2. The van der Waals surface area contributed by atoms with Crippen LogP contribution in [0.5, 0.6) is 0 Å². The molecular weight excluding hydrogens is 230 g/mol. The van der Waals surface area contributed by atoms with E-state index in [0.717, 1.165) is 12.1 Å². The van der Waals surface area contributed by atoms with E-state index in [0.29, 0.717) is 6.54 Å². The van der Waals surface area contributed by atoms with E-state index in [1.54, 1.807) is 4.68 Å². The molecule has 1 amide bonds. The van der Waals surface area contributed by atoms with Crippen LogP contribution in [0.4, 0.5) is 4.79 Å². The summed E-state index contributed by atoms with van der Waals surface area (Å²) in [5.74, 6) is 0. The van der Waals surface area contributed by atoms with Crippen LogP contribution in [0.15, 0.2) is 18.3 Å². The maximum Gasteiger partial charge on any atom is 0.407 e. The van der Waals surface area contributed by atoms with Crippen molar-refractivity contribution in [3.05, 3.63) is 24.0 Å². The van der Waals surface area contributed by atoms with E-state index in [2.05, 4.69) is 10.4 Å². The van der Waals surface area contributed by atoms with Crippen molar-refractivity contribution in [2.45, 2.75) is 32.8 Å². The topological polar surface area (TPSA) is 56.2 Å². The summed E-state index contributed by atoms with van der Waals surface area (Å²) in [6.45, 7) is 6.08. The molecule has 100 valence electrons. The molecule has 0 saturated carbocycles. The van der Waals surface area contributed by atoms with Gasteiger partial charge >= 0.3 is 6.09 Å². The Morgan fingerprint density at radius 2 is 2.28 bits per heavy atom. The van der Waals surface area contributed by atoms with Gasteiger partial charge in [-0.15, -0.1) is 0 Å². The minimum absolute atomic E-state index is 0.381. The number of amides is 1. The molecule has 0 saturated heterocycles. The SMILES string of the molecule is Cn1ccc(C=CCCNC(=O)OC(C)(C)C)n1. The van der Waals surface area contributed by atoms with Gasteiger partial charge in [-0.1, -0.05) is 6.08 Å². The van der Waals surface area contributed by atoms with E-state index >= 15 is 0 Å². The molecule has 5 nitrogen and oxygen atoms in total. The van der Waals surface area contributed by atoms with Gasteiger partial charge in [0, 0.05) is 19.8 Å². The molecular formula is C13H21N3O2. The molecule has 0 aliphatic carbocycles. The molecule has 5 heteroatoms. The van der Waals surface area contributed by atoms with Gasteiger partial charge in [0.25, 0.3) is 0 Å². The Hall–Kier alpha value is -1.78. The smallest absolute Gasteiger partial charge is 0.407 e. The quantitative estimate of drug-likeness (QED) is 0.836. The predicted octanol–water partition coefficient (Wildman–Crippen LogP) is 2.35. The van der Waals surface area contributed by atoms with Gasteiger partial charge in [0.15, 0.2) is 0 Å². The lowest BCUT2D eigenvalue weighted by molar-refractivity contribution is 0.0529.